The van der Waals surface area contributed by atoms with Crippen molar-refractivity contribution in [2.24, 2.45) is 0 Å². The number of alkyl carbamates (subject to hydrolysis) is 1. The molecule has 0 aromatic heterocycles. The summed E-state index contributed by atoms with van der Waals surface area (Å²) in [6.07, 6.45) is 1.40. The zero-order valence-corrected chi connectivity index (χ0v) is 34.4. The zero-order valence-electron chi connectivity index (χ0n) is 34.4. The molecule has 3 amide bonds. The Labute approximate surface area is 335 Å². The van der Waals surface area contributed by atoms with Gasteiger partial charge >= 0.3 is 12.1 Å². The van der Waals surface area contributed by atoms with E-state index in [9.17, 15) is 9.59 Å². The molecule has 3 heterocycles. The third-order valence-corrected chi connectivity index (χ3v) is 13.7. The van der Waals surface area contributed by atoms with Crippen molar-refractivity contribution >= 4 is 23.9 Å². The van der Waals surface area contributed by atoms with Gasteiger partial charge in [-0.05, 0) is 85.6 Å². The van der Waals surface area contributed by atoms with Crippen molar-refractivity contribution in [2.45, 2.75) is 196 Å². The Kier molecular flexibility index (Phi) is 11.5. The molecule has 1 aromatic rings. The van der Waals surface area contributed by atoms with Crippen LogP contribution in [0.15, 0.2) is 30.3 Å². The summed E-state index contributed by atoms with van der Waals surface area (Å²) in [5, 5.41) is 9.17. The second-order valence-electron chi connectivity index (χ2n) is 17.5. The van der Waals surface area contributed by atoms with Crippen LogP contribution in [0.25, 0.3) is 0 Å². The van der Waals surface area contributed by atoms with Gasteiger partial charge in [-0.1, -0.05) is 30.3 Å². The van der Waals surface area contributed by atoms with Gasteiger partial charge in [0.2, 0.25) is 11.8 Å². The molecular weight excluding hydrogens is 738 g/mol. The Hall–Kier alpha value is -3.34. The number of ether oxygens (including phenoxy) is 8. The third kappa shape index (κ3) is 8.16. The highest BCUT2D eigenvalue weighted by Gasteiger charge is 2.60. The first-order valence-corrected chi connectivity index (χ1v) is 20.8. The molecule has 0 unspecified atom stereocenters. The maximum absolute atomic E-state index is 15.0. The molecule has 15 nitrogen and oxygen atoms in total. The van der Waals surface area contributed by atoms with E-state index in [-0.39, 0.29) is 81.8 Å². The lowest BCUT2D eigenvalue weighted by molar-refractivity contribution is -0.208. The Morgan fingerprint density at radius 3 is 1.23 bits per heavy atom. The molecule has 6 aliphatic rings. The van der Waals surface area contributed by atoms with Crippen LogP contribution >= 0.6 is 0 Å². The number of carbonyl (C=O) groups is 4. The quantitative estimate of drug-likeness (QED) is 0.306. The van der Waals surface area contributed by atoms with Gasteiger partial charge in [0.1, 0.15) is 23.2 Å². The molecule has 0 bridgehead atoms. The van der Waals surface area contributed by atoms with Crippen LogP contribution in [0.3, 0.4) is 0 Å². The molecule has 6 fully saturated rings. The molecule has 57 heavy (non-hydrogen) atoms. The number of hydrogen-bond donors (Lipinski definition) is 3. The van der Waals surface area contributed by atoms with E-state index in [1.807, 2.05) is 71.9 Å². The minimum atomic E-state index is -1.51. The first-order chi connectivity index (χ1) is 27.0. The van der Waals surface area contributed by atoms with Crippen molar-refractivity contribution in [2.75, 3.05) is 7.11 Å². The SMILES string of the molecule is COC(=O)C1(NC(=O)C2(NC(=O)C3(NC(=O)OCc4ccccc4)CCC4(CC3)O[C@H](C)[C@@H](C)O4)CCC3(CC2)O[C@H](C)[C@@H](C)O3)CCC2(CC1)O[C@H](C)[C@@H](C)O2. The summed E-state index contributed by atoms with van der Waals surface area (Å²) in [5.74, 6) is -4.33. The fourth-order valence-corrected chi connectivity index (χ4v) is 9.59. The van der Waals surface area contributed by atoms with Crippen molar-refractivity contribution in [3.63, 3.8) is 0 Å². The maximum Gasteiger partial charge on any atom is 0.408 e. The number of benzene rings is 1. The molecule has 3 aliphatic heterocycles. The van der Waals surface area contributed by atoms with Crippen molar-refractivity contribution in [3.05, 3.63) is 35.9 Å². The van der Waals surface area contributed by atoms with Gasteiger partial charge in [0.25, 0.3) is 0 Å². The first-order valence-electron chi connectivity index (χ1n) is 20.8. The highest BCUT2D eigenvalue weighted by molar-refractivity contribution is 5.98. The van der Waals surface area contributed by atoms with Crippen LogP contribution in [0.1, 0.15) is 124 Å². The molecule has 3 N–H and O–H groups in total. The molecule has 3 saturated carbocycles. The van der Waals surface area contributed by atoms with E-state index in [0.29, 0.717) is 38.5 Å². The number of methoxy groups -OCH3 is 1. The minimum Gasteiger partial charge on any atom is -0.467 e. The highest BCUT2D eigenvalue weighted by Crippen LogP contribution is 2.48. The summed E-state index contributed by atoms with van der Waals surface area (Å²) in [6, 6.07) is 9.26. The molecule has 0 radical (unpaired) electrons. The summed E-state index contributed by atoms with van der Waals surface area (Å²) in [5.41, 5.74) is -3.59. The lowest BCUT2D eigenvalue weighted by Gasteiger charge is -2.48. The average Bonchev–Trinajstić information content (AvgIpc) is 3.76. The summed E-state index contributed by atoms with van der Waals surface area (Å²) in [4.78, 5) is 57.2. The summed E-state index contributed by atoms with van der Waals surface area (Å²) in [6.45, 7) is 11.7. The van der Waals surface area contributed by atoms with E-state index in [1.165, 1.54) is 7.11 Å². The van der Waals surface area contributed by atoms with Crippen molar-refractivity contribution in [1.29, 1.82) is 0 Å². The number of nitrogens with one attached hydrogen (secondary N) is 3. The number of esters is 1. The minimum absolute atomic E-state index is 0.00559. The van der Waals surface area contributed by atoms with Crippen LogP contribution in [0.2, 0.25) is 0 Å². The molecule has 316 valence electrons. The van der Waals surface area contributed by atoms with E-state index in [1.54, 1.807) is 0 Å². The molecule has 3 saturated heterocycles. The van der Waals surface area contributed by atoms with E-state index in [0.717, 1.165) is 5.56 Å². The summed E-state index contributed by atoms with van der Waals surface area (Å²) in [7, 11) is 1.30. The Morgan fingerprint density at radius 1 is 0.526 bits per heavy atom. The smallest absolute Gasteiger partial charge is 0.408 e. The molecule has 15 heteroatoms. The highest BCUT2D eigenvalue weighted by atomic mass is 16.8. The Bertz CT molecular complexity index is 1610. The predicted molar refractivity (Wildman–Crippen MR) is 203 cm³/mol. The van der Waals surface area contributed by atoms with E-state index in [4.69, 9.17) is 37.9 Å². The first kappa shape index (κ1) is 41.8. The Morgan fingerprint density at radius 2 is 0.860 bits per heavy atom. The van der Waals surface area contributed by atoms with Crippen molar-refractivity contribution in [3.8, 4) is 0 Å². The van der Waals surface area contributed by atoms with Gasteiger partial charge in [-0.3, -0.25) is 9.59 Å². The van der Waals surface area contributed by atoms with Gasteiger partial charge in [0, 0.05) is 38.5 Å². The molecule has 7 rings (SSSR count). The fraction of sp³-hybridized carbons (Fsp3) is 0.762. The standard InChI is InChI=1S/C42H61N3O12/c1-26-27(2)53-40(52-26)19-13-37(14-20-40,33(46)44-39(35(48)50-7)17-23-42(24-18-39)56-30(5)31(6)57-42)43-34(47)38(45-36(49)51-25-32-11-9-8-10-12-32)15-21-41(22-16-38)54-28(3)29(4)55-41/h8-12,26-31H,13-25H2,1-7H3,(H,43,47)(H,44,46)(H,45,49)/t26-,27-,28-,29-,30-,31-/m1/s1. The lowest BCUT2D eigenvalue weighted by atomic mass is 9.73. The lowest BCUT2D eigenvalue weighted by Crippen LogP contribution is -2.72. The van der Waals surface area contributed by atoms with Crippen LogP contribution in [0, 0.1) is 0 Å². The molecule has 3 spiro atoms. The van der Waals surface area contributed by atoms with Crippen LogP contribution in [0.5, 0.6) is 0 Å². The maximum atomic E-state index is 15.0. The van der Waals surface area contributed by atoms with E-state index < -0.39 is 57.9 Å². The molecule has 1 aromatic carbocycles. The van der Waals surface area contributed by atoms with Gasteiger partial charge in [-0.25, -0.2) is 9.59 Å². The zero-order chi connectivity index (χ0) is 40.9. The largest absolute Gasteiger partial charge is 0.467 e. The van der Waals surface area contributed by atoms with E-state index >= 15 is 9.59 Å². The van der Waals surface area contributed by atoms with Gasteiger partial charge in [-0.15, -0.1) is 0 Å². The normalized spacial score (nSPS) is 36.1. The summed E-state index contributed by atoms with van der Waals surface area (Å²) >= 11 is 0. The van der Waals surface area contributed by atoms with Crippen LogP contribution in [0.4, 0.5) is 4.79 Å². The topological polar surface area (TPSA) is 178 Å². The van der Waals surface area contributed by atoms with Crippen LogP contribution in [-0.2, 0) is 58.9 Å². The molecular formula is C42H61N3O12. The number of amides is 3. The molecule has 3 aliphatic carbocycles. The Balaban J connectivity index is 1.15. The number of rotatable bonds is 8. The predicted octanol–water partition coefficient (Wildman–Crippen LogP) is 4.82. The third-order valence-electron chi connectivity index (χ3n) is 13.7. The van der Waals surface area contributed by atoms with Crippen molar-refractivity contribution < 1.29 is 57.1 Å². The van der Waals surface area contributed by atoms with Crippen LogP contribution < -0.4 is 16.0 Å². The van der Waals surface area contributed by atoms with E-state index in [2.05, 4.69) is 16.0 Å². The van der Waals surface area contributed by atoms with Gasteiger partial charge in [0.05, 0.1) is 43.7 Å². The van der Waals surface area contributed by atoms with Gasteiger partial charge < -0.3 is 53.8 Å². The molecule has 6 atom stereocenters. The monoisotopic (exact) mass is 799 g/mol. The van der Waals surface area contributed by atoms with Gasteiger partial charge in [0.15, 0.2) is 17.4 Å². The number of carbonyl (C=O) groups excluding carboxylic acids is 4. The average molecular weight is 800 g/mol. The second kappa shape index (κ2) is 15.7. The fourth-order valence-electron chi connectivity index (χ4n) is 9.59. The van der Waals surface area contributed by atoms with Gasteiger partial charge in [-0.2, -0.15) is 0 Å². The van der Waals surface area contributed by atoms with Crippen LogP contribution in [-0.4, -0.2) is 102 Å². The number of hydrogen-bond acceptors (Lipinski definition) is 12. The van der Waals surface area contributed by atoms with Crippen molar-refractivity contribution in [1.82, 2.24) is 16.0 Å². The second-order valence-corrected chi connectivity index (χ2v) is 17.5. The summed E-state index contributed by atoms with van der Waals surface area (Å²) < 4.78 is 48.7.